The molecule has 4 nitrogen and oxygen atoms in total. The van der Waals surface area contributed by atoms with Crippen molar-refractivity contribution in [1.29, 1.82) is 0 Å². The van der Waals surface area contributed by atoms with Crippen LogP contribution in [0.15, 0.2) is 54.6 Å². The van der Waals surface area contributed by atoms with Crippen LogP contribution in [-0.2, 0) is 4.79 Å². The molecule has 2 aromatic rings. The zero-order chi connectivity index (χ0) is 14.9. The number of carbonyl (C=O) groups excluding carboxylic acids is 1. The van der Waals surface area contributed by atoms with Crippen LogP contribution in [0.2, 0.25) is 5.02 Å². The van der Waals surface area contributed by atoms with Crippen molar-refractivity contribution in [2.24, 2.45) is 0 Å². The summed E-state index contributed by atoms with van der Waals surface area (Å²) >= 11 is 5.77. The van der Waals surface area contributed by atoms with Crippen LogP contribution in [-0.4, -0.2) is 25.7 Å². The molecule has 0 atom stereocenters. The molecule has 0 aromatic heterocycles. The van der Waals surface area contributed by atoms with Crippen molar-refractivity contribution in [3.8, 4) is 11.5 Å². The second-order valence-corrected chi connectivity index (χ2v) is 4.69. The minimum atomic E-state index is -0.182. The molecule has 0 radical (unpaired) electrons. The van der Waals surface area contributed by atoms with Crippen LogP contribution in [0.5, 0.6) is 11.5 Å². The fourth-order valence-corrected chi connectivity index (χ4v) is 1.73. The number of amides is 1. The maximum Gasteiger partial charge on any atom is 0.258 e. The highest BCUT2D eigenvalue weighted by molar-refractivity contribution is 6.30. The summed E-state index contributed by atoms with van der Waals surface area (Å²) in [6, 6.07) is 16.3. The van der Waals surface area contributed by atoms with Crippen molar-refractivity contribution in [3.63, 3.8) is 0 Å². The smallest absolute Gasteiger partial charge is 0.258 e. The van der Waals surface area contributed by atoms with Crippen molar-refractivity contribution in [2.45, 2.75) is 0 Å². The van der Waals surface area contributed by atoms with Crippen LogP contribution in [0, 0.1) is 0 Å². The molecule has 0 saturated heterocycles. The van der Waals surface area contributed by atoms with E-state index in [2.05, 4.69) is 5.32 Å². The van der Waals surface area contributed by atoms with Crippen LogP contribution in [0.3, 0.4) is 0 Å². The van der Waals surface area contributed by atoms with Gasteiger partial charge in [0.25, 0.3) is 5.91 Å². The van der Waals surface area contributed by atoms with Gasteiger partial charge in [0.05, 0.1) is 6.54 Å². The summed E-state index contributed by atoms with van der Waals surface area (Å²) in [5, 5.41) is 3.38. The predicted molar refractivity (Wildman–Crippen MR) is 81.9 cm³/mol. The first kappa shape index (κ1) is 15.2. The van der Waals surface area contributed by atoms with Crippen molar-refractivity contribution < 1.29 is 14.3 Å². The molecule has 0 saturated carbocycles. The highest BCUT2D eigenvalue weighted by Crippen LogP contribution is 2.15. The van der Waals surface area contributed by atoms with Crippen molar-refractivity contribution in [3.05, 3.63) is 59.6 Å². The molecule has 2 aromatic carbocycles. The standard InChI is InChI=1S/C16H16ClNO3/c17-13-6-8-15(9-7-13)20-11-10-18-16(19)12-21-14-4-2-1-3-5-14/h1-9H,10-12H2,(H,18,19). The van der Waals surface area contributed by atoms with Gasteiger partial charge in [-0.15, -0.1) is 0 Å². The van der Waals surface area contributed by atoms with E-state index in [1.54, 1.807) is 36.4 Å². The molecule has 0 fully saturated rings. The van der Waals surface area contributed by atoms with E-state index in [0.717, 1.165) is 0 Å². The average molecular weight is 306 g/mol. The highest BCUT2D eigenvalue weighted by Gasteiger charge is 2.02. The molecule has 0 aliphatic rings. The van der Waals surface area contributed by atoms with E-state index in [-0.39, 0.29) is 12.5 Å². The normalized spacial score (nSPS) is 9.95. The van der Waals surface area contributed by atoms with E-state index in [4.69, 9.17) is 21.1 Å². The van der Waals surface area contributed by atoms with Crippen LogP contribution < -0.4 is 14.8 Å². The van der Waals surface area contributed by atoms with Crippen molar-refractivity contribution in [1.82, 2.24) is 5.32 Å². The van der Waals surface area contributed by atoms with Crippen molar-refractivity contribution in [2.75, 3.05) is 19.8 Å². The third-order valence-corrected chi connectivity index (χ3v) is 2.87. The van der Waals surface area contributed by atoms with Crippen LogP contribution in [0.4, 0.5) is 0 Å². The highest BCUT2D eigenvalue weighted by atomic mass is 35.5. The van der Waals surface area contributed by atoms with Gasteiger partial charge in [-0.1, -0.05) is 29.8 Å². The summed E-state index contributed by atoms with van der Waals surface area (Å²) in [4.78, 5) is 11.6. The lowest BCUT2D eigenvalue weighted by Crippen LogP contribution is -2.32. The first-order valence-electron chi connectivity index (χ1n) is 6.57. The van der Waals surface area contributed by atoms with Gasteiger partial charge >= 0.3 is 0 Å². The number of hydrogen-bond donors (Lipinski definition) is 1. The fourth-order valence-electron chi connectivity index (χ4n) is 1.61. The topological polar surface area (TPSA) is 47.6 Å². The van der Waals surface area contributed by atoms with E-state index in [9.17, 15) is 4.79 Å². The maximum absolute atomic E-state index is 11.6. The third kappa shape index (κ3) is 5.75. The Morgan fingerprint density at radius 3 is 2.33 bits per heavy atom. The Balaban J connectivity index is 1.60. The molecule has 21 heavy (non-hydrogen) atoms. The minimum absolute atomic E-state index is 0.00897. The van der Waals surface area contributed by atoms with Gasteiger partial charge in [-0.3, -0.25) is 4.79 Å². The molecular weight excluding hydrogens is 290 g/mol. The maximum atomic E-state index is 11.6. The molecule has 1 N–H and O–H groups in total. The molecule has 5 heteroatoms. The van der Waals surface area contributed by atoms with Gasteiger partial charge in [0.2, 0.25) is 0 Å². The first-order valence-corrected chi connectivity index (χ1v) is 6.95. The quantitative estimate of drug-likeness (QED) is 0.800. The van der Waals surface area contributed by atoms with E-state index in [1.165, 1.54) is 0 Å². The first-order chi connectivity index (χ1) is 10.2. The lowest BCUT2D eigenvalue weighted by molar-refractivity contribution is -0.123. The Kier molecular flexibility index (Phi) is 5.91. The van der Waals surface area contributed by atoms with E-state index < -0.39 is 0 Å². The second-order valence-electron chi connectivity index (χ2n) is 4.25. The predicted octanol–water partition coefficient (Wildman–Crippen LogP) is 2.91. The SMILES string of the molecule is O=C(COc1ccccc1)NCCOc1ccc(Cl)cc1. The Morgan fingerprint density at radius 2 is 1.62 bits per heavy atom. The van der Waals surface area contributed by atoms with Gasteiger partial charge in [-0.2, -0.15) is 0 Å². The Labute approximate surface area is 128 Å². The zero-order valence-electron chi connectivity index (χ0n) is 11.4. The number of ether oxygens (including phenoxy) is 2. The lowest BCUT2D eigenvalue weighted by atomic mass is 10.3. The number of nitrogens with one attached hydrogen (secondary N) is 1. The van der Waals surface area contributed by atoms with E-state index >= 15 is 0 Å². The summed E-state index contributed by atoms with van der Waals surface area (Å²) in [6.07, 6.45) is 0. The Morgan fingerprint density at radius 1 is 0.952 bits per heavy atom. The number of hydrogen-bond acceptors (Lipinski definition) is 3. The average Bonchev–Trinajstić information content (AvgIpc) is 2.52. The third-order valence-electron chi connectivity index (χ3n) is 2.62. The Hall–Kier alpha value is -2.20. The summed E-state index contributed by atoms with van der Waals surface area (Å²) in [5.41, 5.74) is 0. The number of carbonyl (C=O) groups is 1. The van der Waals surface area contributed by atoms with Gasteiger partial charge in [0.15, 0.2) is 6.61 Å². The zero-order valence-corrected chi connectivity index (χ0v) is 12.2. The minimum Gasteiger partial charge on any atom is -0.492 e. The monoisotopic (exact) mass is 305 g/mol. The largest absolute Gasteiger partial charge is 0.492 e. The number of benzene rings is 2. The summed E-state index contributed by atoms with van der Waals surface area (Å²) in [6.45, 7) is 0.795. The number of rotatable bonds is 7. The molecule has 110 valence electrons. The van der Waals surface area contributed by atoms with Gasteiger partial charge in [-0.05, 0) is 36.4 Å². The van der Waals surface area contributed by atoms with Crippen LogP contribution in [0.25, 0.3) is 0 Å². The second kappa shape index (κ2) is 8.17. The Bertz CT molecular complexity index is 557. The molecular formula is C16H16ClNO3. The van der Waals surface area contributed by atoms with Gasteiger partial charge in [-0.25, -0.2) is 0 Å². The fraction of sp³-hybridized carbons (Fsp3) is 0.188. The molecule has 0 aliphatic carbocycles. The number of halogens is 1. The molecule has 1 amide bonds. The molecule has 0 heterocycles. The van der Waals surface area contributed by atoms with Crippen LogP contribution >= 0.6 is 11.6 Å². The van der Waals surface area contributed by atoms with Crippen LogP contribution in [0.1, 0.15) is 0 Å². The van der Waals surface area contributed by atoms with E-state index in [0.29, 0.717) is 29.7 Å². The molecule has 2 rings (SSSR count). The van der Waals surface area contributed by atoms with E-state index in [1.807, 2.05) is 18.2 Å². The summed E-state index contributed by atoms with van der Waals surface area (Å²) in [5.74, 6) is 1.21. The summed E-state index contributed by atoms with van der Waals surface area (Å²) in [7, 11) is 0. The molecule has 0 bridgehead atoms. The number of para-hydroxylation sites is 1. The van der Waals surface area contributed by atoms with Gasteiger partial charge in [0, 0.05) is 5.02 Å². The van der Waals surface area contributed by atoms with Gasteiger partial charge in [0.1, 0.15) is 18.1 Å². The lowest BCUT2D eigenvalue weighted by Gasteiger charge is -2.09. The molecule has 0 unspecified atom stereocenters. The van der Waals surface area contributed by atoms with Crippen molar-refractivity contribution >= 4 is 17.5 Å². The molecule has 0 spiro atoms. The molecule has 0 aliphatic heterocycles. The summed E-state index contributed by atoms with van der Waals surface area (Å²) < 4.78 is 10.8. The van der Waals surface area contributed by atoms with Gasteiger partial charge < -0.3 is 14.8 Å².